The van der Waals surface area contributed by atoms with Gasteiger partial charge in [0, 0.05) is 0 Å². The van der Waals surface area contributed by atoms with E-state index in [1.807, 2.05) is 55.5 Å². The first-order chi connectivity index (χ1) is 9.16. The van der Waals surface area contributed by atoms with Crippen molar-refractivity contribution in [3.63, 3.8) is 0 Å². The Kier molecular flexibility index (Phi) is 4.23. The largest absolute Gasteiger partial charge is 0.425 e. The van der Waals surface area contributed by atoms with E-state index >= 15 is 0 Å². The standard InChI is InChI=1S/C16H15ClO2/c1-2-16(17,13-9-5-3-6-10-13)15(18)19-14-11-7-4-8-12-14/h3-12H,2H2,1H3. The smallest absolute Gasteiger partial charge is 0.337 e. The van der Waals surface area contributed by atoms with Crippen LogP contribution < -0.4 is 4.74 Å². The molecule has 0 amide bonds. The highest BCUT2D eigenvalue weighted by atomic mass is 35.5. The maximum Gasteiger partial charge on any atom is 0.337 e. The molecule has 98 valence electrons. The fraction of sp³-hybridized carbons (Fsp3) is 0.188. The molecule has 3 heteroatoms. The number of carbonyl (C=O) groups excluding carboxylic acids is 1. The van der Waals surface area contributed by atoms with E-state index in [-0.39, 0.29) is 0 Å². The van der Waals surface area contributed by atoms with Gasteiger partial charge in [0.2, 0.25) is 0 Å². The molecule has 19 heavy (non-hydrogen) atoms. The summed E-state index contributed by atoms with van der Waals surface area (Å²) in [6.07, 6.45) is 0.463. The summed E-state index contributed by atoms with van der Waals surface area (Å²) in [4.78, 5) is 11.2. The zero-order valence-electron chi connectivity index (χ0n) is 10.7. The zero-order chi connectivity index (χ0) is 13.7. The van der Waals surface area contributed by atoms with E-state index in [1.165, 1.54) is 0 Å². The van der Waals surface area contributed by atoms with E-state index in [0.29, 0.717) is 12.2 Å². The van der Waals surface area contributed by atoms with Crippen molar-refractivity contribution in [3.8, 4) is 5.75 Å². The van der Waals surface area contributed by atoms with Crippen LogP contribution in [0.2, 0.25) is 0 Å². The number of benzene rings is 2. The molecule has 0 aliphatic rings. The maximum absolute atomic E-state index is 12.3. The summed E-state index contributed by atoms with van der Waals surface area (Å²) in [5.41, 5.74) is 0.750. The molecular weight excluding hydrogens is 260 g/mol. The first-order valence-corrected chi connectivity index (χ1v) is 6.56. The molecular formula is C16H15ClO2. The zero-order valence-corrected chi connectivity index (χ0v) is 11.4. The Bertz CT molecular complexity index is 539. The van der Waals surface area contributed by atoms with Gasteiger partial charge in [-0.05, 0) is 24.1 Å². The summed E-state index contributed by atoms with van der Waals surface area (Å²) in [6.45, 7) is 1.87. The van der Waals surface area contributed by atoms with E-state index in [0.717, 1.165) is 5.56 Å². The van der Waals surface area contributed by atoms with Crippen LogP contribution in [0.5, 0.6) is 5.75 Å². The lowest BCUT2D eigenvalue weighted by molar-refractivity contribution is -0.137. The molecule has 0 saturated carbocycles. The Morgan fingerprint density at radius 3 is 2.11 bits per heavy atom. The van der Waals surface area contributed by atoms with Crippen molar-refractivity contribution in [2.45, 2.75) is 18.2 Å². The van der Waals surface area contributed by atoms with Gasteiger partial charge in [0.25, 0.3) is 0 Å². The predicted molar refractivity (Wildman–Crippen MR) is 76.3 cm³/mol. The van der Waals surface area contributed by atoms with Gasteiger partial charge in [-0.15, -0.1) is 11.6 Å². The monoisotopic (exact) mass is 274 g/mol. The molecule has 0 heterocycles. The second-order valence-electron chi connectivity index (χ2n) is 4.22. The SMILES string of the molecule is CCC(Cl)(C(=O)Oc1ccccc1)c1ccccc1. The van der Waals surface area contributed by atoms with E-state index < -0.39 is 10.8 Å². The predicted octanol–water partition coefficient (Wildman–Crippen LogP) is 4.14. The molecule has 2 rings (SSSR count). The van der Waals surface area contributed by atoms with Gasteiger partial charge in [0.1, 0.15) is 5.75 Å². The summed E-state index contributed by atoms with van der Waals surface area (Å²) in [5, 5.41) is 0. The Morgan fingerprint density at radius 2 is 1.58 bits per heavy atom. The van der Waals surface area contributed by atoms with Crippen molar-refractivity contribution >= 4 is 17.6 Å². The molecule has 2 aromatic carbocycles. The van der Waals surface area contributed by atoms with E-state index in [9.17, 15) is 4.79 Å². The van der Waals surface area contributed by atoms with Crippen LogP contribution in [0, 0.1) is 0 Å². The minimum atomic E-state index is -1.14. The topological polar surface area (TPSA) is 26.3 Å². The Hall–Kier alpha value is -1.80. The van der Waals surface area contributed by atoms with Crippen LogP contribution in [0.15, 0.2) is 60.7 Å². The number of para-hydroxylation sites is 1. The van der Waals surface area contributed by atoms with Crippen LogP contribution in [0.1, 0.15) is 18.9 Å². The van der Waals surface area contributed by atoms with Crippen LogP contribution >= 0.6 is 11.6 Å². The fourth-order valence-corrected chi connectivity index (χ4v) is 2.01. The number of hydrogen-bond donors (Lipinski definition) is 0. The van der Waals surface area contributed by atoms with Crippen LogP contribution in [0.25, 0.3) is 0 Å². The summed E-state index contributed by atoms with van der Waals surface area (Å²) in [5.74, 6) is 0.0518. The van der Waals surface area contributed by atoms with Crippen LogP contribution in [0.4, 0.5) is 0 Å². The average Bonchev–Trinajstić information content (AvgIpc) is 2.48. The first kappa shape index (κ1) is 13.6. The molecule has 0 aromatic heterocycles. The quantitative estimate of drug-likeness (QED) is 0.476. The molecule has 0 bridgehead atoms. The van der Waals surface area contributed by atoms with Crippen molar-refractivity contribution in [2.75, 3.05) is 0 Å². The van der Waals surface area contributed by atoms with Gasteiger partial charge in [-0.3, -0.25) is 0 Å². The molecule has 0 radical (unpaired) electrons. The van der Waals surface area contributed by atoms with Gasteiger partial charge < -0.3 is 4.74 Å². The van der Waals surface area contributed by atoms with E-state index in [1.54, 1.807) is 12.1 Å². The molecule has 1 unspecified atom stereocenters. The lowest BCUT2D eigenvalue weighted by Gasteiger charge is -2.23. The molecule has 2 nitrogen and oxygen atoms in total. The van der Waals surface area contributed by atoms with Gasteiger partial charge in [0.05, 0.1) is 0 Å². The lowest BCUT2D eigenvalue weighted by Crippen LogP contribution is -2.33. The second-order valence-corrected chi connectivity index (χ2v) is 4.87. The van der Waals surface area contributed by atoms with Crippen molar-refractivity contribution in [3.05, 3.63) is 66.2 Å². The third-order valence-corrected chi connectivity index (χ3v) is 3.64. The average molecular weight is 275 g/mol. The second kappa shape index (κ2) is 5.89. The molecule has 0 fully saturated rings. The van der Waals surface area contributed by atoms with E-state index in [2.05, 4.69) is 0 Å². The Balaban J connectivity index is 2.24. The molecule has 0 N–H and O–H groups in total. The third kappa shape index (κ3) is 2.96. The van der Waals surface area contributed by atoms with Crippen LogP contribution in [-0.4, -0.2) is 5.97 Å². The number of esters is 1. The molecule has 0 spiro atoms. The number of carbonyl (C=O) groups is 1. The van der Waals surface area contributed by atoms with Crippen LogP contribution in [-0.2, 0) is 9.67 Å². The molecule has 1 atom stereocenters. The Morgan fingerprint density at radius 1 is 1.05 bits per heavy atom. The van der Waals surface area contributed by atoms with Gasteiger partial charge in [-0.2, -0.15) is 0 Å². The molecule has 0 aliphatic carbocycles. The fourth-order valence-electron chi connectivity index (χ4n) is 1.85. The normalized spacial score (nSPS) is 13.6. The highest BCUT2D eigenvalue weighted by Gasteiger charge is 2.38. The first-order valence-electron chi connectivity index (χ1n) is 6.18. The number of alkyl halides is 1. The minimum absolute atomic E-state index is 0.450. The summed E-state index contributed by atoms with van der Waals surface area (Å²) in [7, 11) is 0. The summed E-state index contributed by atoms with van der Waals surface area (Å²) in [6, 6.07) is 18.2. The maximum atomic E-state index is 12.3. The summed E-state index contributed by atoms with van der Waals surface area (Å²) >= 11 is 6.47. The van der Waals surface area contributed by atoms with E-state index in [4.69, 9.17) is 16.3 Å². The molecule has 0 saturated heterocycles. The lowest BCUT2D eigenvalue weighted by atomic mass is 9.95. The number of hydrogen-bond acceptors (Lipinski definition) is 2. The van der Waals surface area contributed by atoms with Crippen molar-refractivity contribution in [1.29, 1.82) is 0 Å². The third-order valence-electron chi connectivity index (χ3n) is 3.00. The van der Waals surface area contributed by atoms with Crippen molar-refractivity contribution < 1.29 is 9.53 Å². The number of halogens is 1. The number of rotatable bonds is 4. The van der Waals surface area contributed by atoms with Crippen molar-refractivity contribution in [1.82, 2.24) is 0 Å². The summed E-state index contributed by atoms with van der Waals surface area (Å²) < 4.78 is 5.35. The van der Waals surface area contributed by atoms with Gasteiger partial charge >= 0.3 is 5.97 Å². The highest BCUT2D eigenvalue weighted by molar-refractivity contribution is 6.34. The highest BCUT2D eigenvalue weighted by Crippen LogP contribution is 2.34. The van der Waals surface area contributed by atoms with Gasteiger partial charge in [-0.25, -0.2) is 4.79 Å². The minimum Gasteiger partial charge on any atom is -0.425 e. The van der Waals surface area contributed by atoms with Crippen LogP contribution in [0.3, 0.4) is 0 Å². The van der Waals surface area contributed by atoms with Gasteiger partial charge in [-0.1, -0.05) is 55.5 Å². The van der Waals surface area contributed by atoms with Crippen molar-refractivity contribution in [2.24, 2.45) is 0 Å². The van der Waals surface area contributed by atoms with Gasteiger partial charge in [0.15, 0.2) is 4.87 Å². The Labute approximate surface area is 118 Å². The molecule has 2 aromatic rings. The number of ether oxygens (including phenoxy) is 1. The molecule has 0 aliphatic heterocycles.